The Balaban J connectivity index is 1.83. The van der Waals surface area contributed by atoms with E-state index < -0.39 is 0 Å². The molecule has 1 aliphatic rings. The number of hydrogen-bond donors (Lipinski definition) is 2. The summed E-state index contributed by atoms with van der Waals surface area (Å²) in [4.78, 5) is 11.3. The molecular formula is C20H26BrNO3. The molecule has 1 unspecified atom stereocenters. The Morgan fingerprint density at radius 3 is 2.88 bits per heavy atom. The maximum Gasteiger partial charge on any atom is 0.243 e. The minimum atomic E-state index is -0.314. The van der Waals surface area contributed by atoms with Gasteiger partial charge < -0.3 is 4.74 Å². The standard InChI is InChI=1S/C20H26BrNO3/c21-19(11-6-14-25-15-16-7-2-1-3-8-16)18-10-5-4-9-17(18)12-13-20(23)22-24/h1-3,6-8,11,17,24H,4-5,9-10,12-15H2,(H,22,23)/b11-6+,19-18-. The van der Waals surface area contributed by atoms with Gasteiger partial charge in [-0.3, -0.25) is 10.0 Å². The number of hydrogen-bond acceptors (Lipinski definition) is 3. The summed E-state index contributed by atoms with van der Waals surface area (Å²) in [5.74, 6) is 0.0845. The number of carbonyl (C=O) groups is 1. The van der Waals surface area contributed by atoms with Crippen molar-refractivity contribution >= 4 is 21.8 Å². The van der Waals surface area contributed by atoms with Gasteiger partial charge in [0.25, 0.3) is 0 Å². The first kappa shape index (κ1) is 19.9. The Labute approximate surface area is 158 Å². The van der Waals surface area contributed by atoms with E-state index in [1.54, 1.807) is 5.48 Å². The van der Waals surface area contributed by atoms with Gasteiger partial charge in [0.05, 0.1) is 13.2 Å². The molecular weight excluding hydrogens is 382 g/mol. The van der Waals surface area contributed by atoms with Crippen molar-refractivity contribution in [2.75, 3.05) is 6.61 Å². The topological polar surface area (TPSA) is 58.6 Å². The number of benzene rings is 1. The largest absolute Gasteiger partial charge is 0.373 e. The van der Waals surface area contributed by atoms with Crippen LogP contribution in [-0.4, -0.2) is 17.7 Å². The van der Waals surface area contributed by atoms with Gasteiger partial charge in [-0.2, -0.15) is 0 Å². The van der Waals surface area contributed by atoms with Crippen LogP contribution in [0.25, 0.3) is 0 Å². The number of allylic oxidation sites excluding steroid dienone is 3. The second-order valence-corrected chi connectivity index (χ2v) is 7.15. The maximum absolute atomic E-state index is 11.3. The number of halogens is 1. The van der Waals surface area contributed by atoms with Crippen LogP contribution in [0.5, 0.6) is 0 Å². The fourth-order valence-corrected chi connectivity index (χ4v) is 3.87. The average Bonchev–Trinajstić information content (AvgIpc) is 2.66. The second kappa shape index (κ2) is 11.2. The molecule has 0 aromatic heterocycles. The van der Waals surface area contributed by atoms with Crippen molar-refractivity contribution in [1.29, 1.82) is 0 Å². The van der Waals surface area contributed by atoms with Crippen molar-refractivity contribution < 1.29 is 14.7 Å². The Kier molecular flexibility index (Phi) is 8.94. The molecule has 0 aliphatic heterocycles. The molecule has 1 aliphatic carbocycles. The highest BCUT2D eigenvalue weighted by Gasteiger charge is 2.21. The van der Waals surface area contributed by atoms with E-state index in [4.69, 9.17) is 9.94 Å². The Bertz CT molecular complexity index is 598. The van der Waals surface area contributed by atoms with Gasteiger partial charge >= 0.3 is 0 Å². The van der Waals surface area contributed by atoms with Gasteiger partial charge in [0, 0.05) is 10.9 Å². The molecule has 2 rings (SSSR count). The van der Waals surface area contributed by atoms with Crippen LogP contribution < -0.4 is 5.48 Å². The summed E-state index contributed by atoms with van der Waals surface area (Å²) >= 11 is 3.69. The smallest absolute Gasteiger partial charge is 0.243 e. The van der Waals surface area contributed by atoms with E-state index in [0.717, 1.165) is 23.7 Å². The molecule has 136 valence electrons. The lowest BCUT2D eigenvalue weighted by Crippen LogP contribution is -2.20. The molecule has 0 bridgehead atoms. The number of nitrogens with one attached hydrogen (secondary N) is 1. The van der Waals surface area contributed by atoms with E-state index >= 15 is 0 Å². The van der Waals surface area contributed by atoms with E-state index in [1.807, 2.05) is 24.3 Å². The summed E-state index contributed by atoms with van der Waals surface area (Å²) in [6.07, 6.45) is 9.74. The molecule has 1 fully saturated rings. The zero-order valence-corrected chi connectivity index (χ0v) is 16.0. The first-order valence-corrected chi connectivity index (χ1v) is 9.59. The van der Waals surface area contributed by atoms with Crippen molar-refractivity contribution in [1.82, 2.24) is 5.48 Å². The summed E-state index contributed by atoms with van der Waals surface area (Å²) in [6.45, 7) is 1.17. The van der Waals surface area contributed by atoms with E-state index in [-0.39, 0.29) is 5.91 Å². The van der Waals surface area contributed by atoms with Crippen LogP contribution in [0.2, 0.25) is 0 Å². The normalized spacial score (nSPS) is 19.8. The molecule has 2 N–H and O–H groups in total. The number of hydroxylamine groups is 1. The third-order valence-electron chi connectivity index (χ3n) is 4.48. The third-order valence-corrected chi connectivity index (χ3v) is 5.26. The SMILES string of the molecule is O=C(CCC1CCCC/C1=C(Br)\C=C\COCc1ccccc1)NO. The minimum absolute atomic E-state index is 0.314. The lowest BCUT2D eigenvalue weighted by molar-refractivity contribution is -0.129. The molecule has 1 aromatic carbocycles. The van der Waals surface area contributed by atoms with Crippen molar-refractivity contribution in [3.05, 3.63) is 58.1 Å². The fraction of sp³-hybridized carbons (Fsp3) is 0.450. The van der Waals surface area contributed by atoms with Crippen molar-refractivity contribution in [2.24, 2.45) is 5.92 Å². The van der Waals surface area contributed by atoms with E-state index in [0.29, 0.717) is 25.6 Å². The van der Waals surface area contributed by atoms with Gasteiger partial charge in [-0.15, -0.1) is 0 Å². The van der Waals surface area contributed by atoms with Crippen molar-refractivity contribution in [3.8, 4) is 0 Å². The third kappa shape index (κ3) is 7.14. The average molecular weight is 408 g/mol. The molecule has 1 atom stereocenters. The van der Waals surface area contributed by atoms with Crippen LogP contribution in [0.4, 0.5) is 0 Å². The quantitative estimate of drug-likeness (QED) is 0.366. The summed E-state index contributed by atoms with van der Waals surface area (Å²) in [5, 5.41) is 8.64. The van der Waals surface area contributed by atoms with E-state index in [9.17, 15) is 4.79 Å². The zero-order chi connectivity index (χ0) is 17.9. The predicted octanol–water partition coefficient (Wildman–Crippen LogP) is 4.88. The summed E-state index contributed by atoms with van der Waals surface area (Å²) in [5.41, 5.74) is 4.25. The molecule has 0 radical (unpaired) electrons. The highest BCUT2D eigenvalue weighted by Crippen LogP contribution is 2.36. The van der Waals surface area contributed by atoms with Crippen LogP contribution in [0.3, 0.4) is 0 Å². The summed E-state index contributed by atoms with van der Waals surface area (Å²) < 4.78 is 6.77. The number of carbonyl (C=O) groups excluding carboxylic acids is 1. The number of amides is 1. The Morgan fingerprint density at radius 1 is 1.32 bits per heavy atom. The monoisotopic (exact) mass is 407 g/mol. The number of rotatable bonds is 8. The Morgan fingerprint density at radius 2 is 2.12 bits per heavy atom. The first-order valence-electron chi connectivity index (χ1n) is 8.80. The molecule has 0 spiro atoms. The van der Waals surface area contributed by atoms with Gasteiger partial charge in [-0.25, -0.2) is 5.48 Å². The van der Waals surface area contributed by atoms with Crippen LogP contribution in [0, 0.1) is 5.92 Å². The predicted molar refractivity (Wildman–Crippen MR) is 102 cm³/mol. The summed E-state index contributed by atoms with van der Waals surface area (Å²) in [7, 11) is 0. The molecule has 1 amide bonds. The Hall–Kier alpha value is -1.43. The van der Waals surface area contributed by atoms with Crippen LogP contribution in [0.15, 0.2) is 52.5 Å². The molecule has 1 saturated carbocycles. The van der Waals surface area contributed by atoms with Gasteiger partial charge in [0.2, 0.25) is 5.91 Å². The van der Waals surface area contributed by atoms with Gasteiger partial charge in [0.15, 0.2) is 0 Å². The molecule has 0 heterocycles. The lowest BCUT2D eigenvalue weighted by Gasteiger charge is -2.26. The highest BCUT2D eigenvalue weighted by atomic mass is 79.9. The first-order chi connectivity index (χ1) is 12.2. The van der Waals surface area contributed by atoms with Crippen LogP contribution >= 0.6 is 15.9 Å². The lowest BCUT2D eigenvalue weighted by atomic mass is 9.81. The van der Waals surface area contributed by atoms with Crippen LogP contribution in [0.1, 0.15) is 44.1 Å². The summed E-state index contributed by atoms with van der Waals surface area (Å²) in [6, 6.07) is 10.1. The zero-order valence-electron chi connectivity index (χ0n) is 14.4. The van der Waals surface area contributed by atoms with E-state index in [2.05, 4.69) is 34.1 Å². The highest BCUT2D eigenvalue weighted by molar-refractivity contribution is 9.11. The van der Waals surface area contributed by atoms with Gasteiger partial charge in [-0.1, -0.05) is 64.3 Å². The minimum Gasteiger partial charge on any atom is -0.373 e. The molecule has 5 heteroatoms. The van der Waals surface area contributed by atoms with Gasteiger partial charge in [0.1, 0.15) is 0 Å². The molecule has 1 aromatic rings. The number of ether oxygens (including phenoxy) is 1. The fourth-order valence-electron chi connectivity index (χ4n) is 3.16. The van der Waals surface area contributed by atoms with Crippen LogP contribution in [-0.2, 0) is 16.1 Å². The van der Waals surface area contributed by atoms with Gasteiger partial charge in [-0.05, 0) is 43.2 Å². The second-order valence-electron chi connectivity index (χ2n) is 6.29. The van der Waals surface area contributed by atoms with E-state index in [1.165, 1.54) is 24.0 Å². The van der Waals surface area contributed by atoms with Crippen molar-refractivity contribution in [2.45, 2.75) is 45.1 Å². The molecule has 4 nitrogen and oxygen atoms in total. The molecule has 0 saturated heterocycles. The maximum atomic E-state index is 11.3. The molecule has 25 heavy (non-hydrogen) atoms. The van der Waals surface area contributed by atoms with Crippen molar-refractivity contribution in [3.63, 3.8) is 0 Å².